The molecule has 102 valence electrons. The molecule has 0 aliphatic carbocycles. The van der Waals surface area contributed by atoms with Crippen LogP contribution >= 0.6 is 0 Å². The van der Waals surface area contributed by atoms with Crippen LogP contribution in [0, 0.1) is 11.8 Å². The molecule has 1 atom stereocenters. The van der Waals surface area contributed by atoms with E-state index in [2.05, 4.69) is 4.98 Å². The lowest BCUT2D eigenvalue weighted by molar-refractivity contribution is 0.0558. The summed E-state index contributed by atoms with van der Waals surface area (Å²) >= 11 is 0. The van der Waals surface area contributed by atoms with Crippen LogP contribution < -0.4 is 5.56 Å². The minimum absolute atomic E-state index is 0.117. The van der Waals surface area contributed by atoms with Crippen LogP contribution in [-0.2, 0) is 11.2 Å². The number of hydrogen-bond acceptors (Lipinski definition) is 4. The van der Waals surface area contributed by atoms with Crippen molar-refractivity contribution in [2.24, 2.45) is 11.8 Å². The monoisotopic (exact) mass is 254 g/mol. The smallest absolute Gasteiger partial charge is 0.307 e. The molecule has 0 saturated carbocycles. The zero-order chi connectivity index (χ0) is 13.9. The van der Waals surface area contributed by atoms with E-state index in [1.807, 2.05) is 27.7 Å². The second-order valence-corrected chi connectivity index (χ2v) is 5.25. The molecule has 1 rings (SSSR count). The number of aromatic nitrogens is 2. The molecular weight excluding hydrogens is 232 g/mol. The molecule has 1 aromatic rings. The largest absolute Gasteiger partial charge is 0.425 e. The van der Waals surface area contributed by atoms with E-state index >= 15 is 0 Å². The fourth-order valence-corrected chi connectivity index (χ4v) is 1.95. The third kappa shape index (κ3) is 3.10. The first-order chi connectivity index (χ1) is 8.38. The van der Waals surface area contributed by atoms with Crippen LogP contribution in [0.25, 0.3) is 0 Å². The quantitative estimate of drug-likeness (QED) is 0.816. The Morgan fingerprint density at radius 2 is 2.00 bits per heavy atom. The Morgan fingerprint density at radius 1 is 1.39 bits per heavy atom. The second-order valence-electron chi connectivity index (χ2n) is 5.25. The predicted molar refractivity (Wildman–Crippen MR) is 68.8 cm³/mol. The minimum atomic E-state index is -0.492. The van der Waals surface area contributed by atoms with E-state index in [1.54, 1.807) is 6.20 Å². The number of ether oxygens (including phenoxy) is 1. The highest BCUT2D eigenvalue weighted by atomic mass is 16.5. The van der Waals surface area contributed by atoms with Gasteiger partial charge in [0.1, 0.15) is 11.8 Å². The van der Waals surface area contributed by atoms with Crippen LogP contribution in [0.15, 0.2) is 11.0 Å². The summed E-state index contributed by atoms with van der Waals surface area (Å²) in [5.74, 6) is 0.463. The van der Waals surface area contributed by atoms with Crippen LogP contribution in [0.2, 0.25) is 0 Å². The van der Waals surface area contributed by atoms with Crippen LogP contribution in [-0.4, -0.2) is 22.0 Å². The molecule has 1 unspecified atom stereocenters. The van der Waals surface area contributed by atoms with Gasteiger partial charge in [-0.25, -0.2) is 0 Å². The zero-order valence-electron chi connectivity index (χ0n) is 11.7. The van der Waals surface area contributed by atoms with E-state index in [4.69, 9.17) is 4.74 Å². The van der Waals surface area contributed by atoms with Crippen molar-refractivity contribution >= 4 is 0 Å². The highest BCUT2D eigenvalue weighted by Crippen LogP contribution is 2.20. The van der Waals surface area contributed by atoms with Gasteiger partial charge in [-0.2, -0.15) is 0 Å². The van der Waals surface area contributed by atoms with Gasteiger partial charge in [0.25, 0.3) is 0 Å². The molecule has 0 saturated heterocycles. The second kappa shape index (κ2) is 6.00. The van der Waals surface area contributed by atoms with Gasteiger partial charge in [-0.1, -0.05) is 27.7 Å². The summed E-state index contributed by atoms with van der Waals surface area (Å²) in [6.45, 7) is 7.92. The molecule has 1 N–H and O–H groups in total. The Kier molecular flexibility index (Phi) is 4.90. The van der Waals surface area contributed by atoms with Crippen LogP contribution in [0.5, 0.6) is 0 Å². The fourth-order valence-electron chi connectivity index (χ4n) is 1.95. The summed E-state index contributed by atoms with van der Waals surface area (Å²) in [5, 5.41) is 9.86. The molecular formula is C13H22N2O3. The summed E-state index contributed by atoms with van der Waals surface area (Å²) in [5.41, 5.74) is 0.286. The first-order valence-electron chi connectivity index (χ1n) is 6.21. The zero-order valence-corrected chi connectivity index (χ0v) is 11.7. The first kappa shape index (κ1) is 14.7. The highest BCUT2D eigenvalue weighted by molar-refractivity contribution is 5.08. The molecule has 0 aliphatic heterocycles. The van der Waals surface area contributed by atoms with Crippen LogP contribution in [0.4, 0.5) is 0 Å². The normalized spacial score (nSPS) is 13.3. The Labute approximate surface area is 107 Å². The van der Waals surface area contributed by atoms with Gasteiger partial charge in [0, 0.05) is 7.11 Å². The number of nitrogens with zero attached hydrogens (tertiary/aromatic N) is 2. The Hall–Kier alpha value is -1.36. The van der Waals surface area contributed by atoms with Gasteiger partial charge in [-0.3, -0.25) is 9.78 Å². The van der Waals surface area contributed by atoms with Gasteiger partial charge in [0.05, 0.1) is 11.9 Å². The van der Waals surface area contributed by atoms with E-state index < -0.39 is 11.7 Å². The average Bonchev–Trinajstić information content (AvgIpc) is 2.28. The lowest BCUT2D eigenvalue weighted by Crippen LogP contribution is -2.30. The van der Waals surface area contributed by atoms with Crippen molar-refractivity contribution in [2.75, 3.05) is 7.11 Å². The van der Waals surface area contributed by atoms with Crippen LogP contribution in [0.3, 0.4) is 0 Å². The molecule has 1 heterocycles. The van der Waals surface area contributed by atoms with E-state index in [1.165, 1.54) is 7.11 Å². The maximum absolute atomic E-state index is 12.0. The molecule has 0 bridgehead atoms. The Bertz CT molecular complexity index is 452. The Balaban J connectivity index is 3.19. The lowest BCUT2D eigenvalue weighted by atomic mass is 10.0. The summed E-state index contributed by atoms with van der Waals surface area (Å²) in [7, 11) is 1.54. The van der Waals surface area contributed by atoms with E-state index in [0.717, 1.165) is 0 Å². The van der Waals surface area contributed by atoms with E-state index in [-0.39, 0.29) is 11.6 Å². The summed E-state index contributed by atoms with van der Waals surface area (Å²) in [4.78, 5) is 16.2. The van der Waals surface area contributed by atoms with Crippen molar-refractivity contribution in [3.05, 3.63) is 27.9 Å². The van der Waals surface area contributed by atoms with Gasteiger partial charge in [0.15, 0.2) is 0 Å². The predicted octanol–water partition coefficient (Wildman–Crippen LogP) is 2.02. The maximum atomic E-state index is 12.0. The lowest BCUT2D eigenvalue weighted by Gasteiger charge is -2.19. The van der Waals surface area contributed by atoms with Gasteiger partial charge >= 0.3 is 5.56 Å². The fraction of sp³-hybridized carbons (Fsp3) is 0.692. The molecule has 5 nitrogen and oxygen atoms in total. The standard InChI is InChI=1S/C13H22N2O3/c1-8(2)6-10-7-14-11(13(16)15(10)17)12(18-5)9(3)4/h7-9,12,17H,6H2,1-5H3. The van der Waals surface area contributed by atoms with Gasteiger partial charge in [-0.15, -0.1) is 4.73 Å². The number of methoxy groups -OCH3 is 1. The van der Waals surface area contributed by atoms with Crippen molar-refractivity contribution in [1.82, 2.24) is 9.71 Å². The molecule has 0 aliphatic rings. The van der Waals surface area contributed by atoms with E-state index in [0.29, 0.717) is 22.8 Å². The third-order valence-electron chi connectivity index (χ3n) is 2.78. The molecule has 1 aromatic heterocycles. The van der Waals surface area contributed by atoms with Crippen LogP contribution in [0.1, 0.15) is 45.2 Å². The van der Waals surface area contributed by atoms with Gasteiger partial charge in [-0.05, 0) is 18.3 Å². The number of rotatable bonds is 5. The average molecular weight is 254 g/mol. The molecule has 0 amide bonds. The molecule has 0 spiro atoms. The van der Waals surface area contributed by atoms with Gasteiger partial charge < -0.3 is 9.94 Å². The number of hydrogen-bond donors (Lipinski definition) is 1. The molecule has 0 aromatic carbocycles. The molecule has 18 heavy (non-hydrogen) atoms. The minimum Gasteiger partial charge on any atom is -0.425 e. The first-order valence-corrected chi connectivity index (χ1v) is 6.21. The van der Waals surface area contributed by atoms with Crippen molar-refractivity contribution in [1.29, 1.82) is 0 Å². The summed E-state index contributed by atoms with van der Waals surface area (Å²) < 4.78 is 5.96. The highest BCUT2D eigenvalue weighted by Gasteiger charge is 2.22. The third-order valence-corrected chi connectivity index (χ3v) is 2.78. The van der Waals surface area contributed by atoms with Crippen molar-refractivity contribution in [2.45, 2.75) is 40.2 Å². The molecule has 5 heteroatoms. The Morgan fingerprint density at radius 3 is 2.44 bits per heavy atom. The van der Waals surface area contributed by atoms with E-state index in [9.17, 15) is 10.0 Å². The molecule has 0 radical (unpaired) electrons. The van der Waals surface area contributed by atoms with Crippen molar-refractivity contribution in [3.8, 4) is 0 Å². The SMILES string of the molecule is COC(c1ncc(CC(C)C)n(O)c1=O)C(C)C. The maximum Gasteiger partial charge on any atom is 0.307 e. The van der Waals surface area contributed by atoms with Crippen molar-refractivity contribution < 1.29 is 9.94 Å². The topological polar surface area (TPSA) is 64.3 Å². The summed E-state index contributed by atoms with van der Waals surface area (Å²) in [6, 6.07) is 0. The summed E-state index contributed by atoms with van der Waals surface area (Å²) in [6.07, 6.45) is 1.76. The van der Waals surface area contributed by atoms with Crippen molar-refractivity contribution in [3.63, 3.8) is 0 Å². The molecule has 0 fully saturated rings. The van der Waals surface area contributed by atoms with Gasteiger partial charge in [0.2, 0.25) is 0 Å².